The summed E-state index contributed by atoms with van der Waals surface area (Å²) in [5.74, 6) is -1.29. The molecular weight excluding hydrogens is 486 g/mol. The lowest BCUT2D eigenvalue weighted by Crippen LogP contribution is -2.51. The number of unbranched alkanes of at least 4 members (excludes halogenated alkanes) is 2. The Kier molecular flexibility index (Phi) is 14.7. The average Bonchev–Trinajstić information content (AvgIpc) is 2.85. The summed E-state index contributed by atoms with van der Waals surface area (Å²) in [6.45, 7) is 6.00. The second kappa shape index (κ2) is 17.2. The summed E-state index contributed by atoms with van der Waals surface area (Å²) in [6.07, 6.45) is 1.87. The third-order valence-electron chi connectivity index (χ3n) is 5.21. The lowest BCUT2D eigenvalue weighted by Gasteiger charge is -2.26. The molecule has 0 aliphatic heterocycles. The van der Waals surface area contributed by atoms with Crippen LogP contribution < -0.4 is 15.2 Å². The van der Waals surface area contributed by atoms with Crippen molar-refractivity contribution in [3.63, 3.8) is 0 Å². The first-order valence-electron chi connectivity index (χ1n) is 12.5. The highest BCUT2D eigenvalue weighted by Crippen LogP contribution is 2.31. The van der Waals surface area contributed by atoms with E-state index in [2.05, 4.69) is 0 Å². The summed E-state index contributed by atoms with van der Waals surface area (Å²) in [5.41, 5.74) is 5.29. The zero-order chi connectivity index (χ0) is 27.7. The van der Waals surface area contributed by atoms with E-state index in [0.29, 0.717) is 24.8 Å². The minimum absolute atomic E-state index is 0.00756. The molecule has 0 heterocycles. The van der Waals surface area contributed by atoms with Crippen LogP contribution >= 0.6 is 0 Å². The van der Waals surface area contributed by atoms with Crippen LogP contribution in [-0.2, 0) is 35.0 Å². The van der Waals surface area contributed by atoms with E-state index in [0.717, 1.165) is 12.8 Å². The fourth-order valence-electron chi connectivity index (χ4n) is 3.12. The van der Waals surface area contributed by atoms with Gasteiger partial charge in [0.05, 0.1) is 26.9 Å². The van der Waals surface area contributed by atoms with Gasteiger partial charge in [0, 0.05) is 19.3 Å². The van der Waals surface area contributed by atoms with E-state index in [9.17, 15) is 19.2 Å². The normalized spacial score (nSPS) is 12.1. The first kappa shape index (κ1) is 31.7. The molecule has 0 radical (unpaired) electrons. The molecule has 0 aliphatic rings. The molecule has 1 aromatic rings. The van der Waals surface area contributed by atoms with E-state index in [1.165, 1.54) is 19.2 Å². The fourth-order valence-corrected chi connectivity index (χ4v) is 3.12. The van der Waals surface area contributed by atoms with E-state index in [1.807, 2.05) is 20.8 Å². The summed E-state index contributed by atoms with van der Waals surface area (Å²) in [4.78, 5) is 48.4. The fraction of sp³-hybridized carbons (Fsp3) is 0.615. The van der Waals surface area contributed by atoms with Gasteiger partial charge in [-0.1, -0.05) is 39.7 Å². The SMILES string of the molecule is CCCCOC(=O)Oc1ccc(C[C@](N)(CCOC(=O)CCC)C(=O)OC)cc1OC(=O)OCCCC. The Morgan fingerprint density at radius 2 is 1.41 bits per heavy atom. The number of esters is 2. The topological polar surface area (TPSA) is 150 Å². The standard InChI is InChI=1S/C26H39NO10/c1-5-8-14-34-24(30)36-20-12-11-19(17-21(20)37-25(31)35-15-9-6-2)18-26(27,23(29)32-4)13-16-33-22(28)10-7-3/h11-12,17H,5-10,13-16,18,27H2,1-4H3/t26-/m1/s1. The maximum absolute atomic E-state index is 12.5. The molecule has 1 atom stereocenters. The first-order chi connectivity index (χ1) is 17.7. The number of methoxy groups -OCH3 is 1. The number of hydrogen-bond donors (Lipinski definition) is 1. The number of ether oxygens (including phenoxy) is 6. The van der Waals surface area contributed by atoms with Crippen molar-refractivity contribution in [3.8, 4) is 11.5 Å². The molecule has 0 bridgehead atoms. The van der Waals surface area contributed by atoms with E-state index in [1.54, 1.807) is 6.07 Å². The minimum Gasteiger partial charge on any atom is -0.468 e. The minimum atomic E-state index is -1.54. The van der Waals surface area contributed by atoms with Crippen molar-refractivity contribution in [3.05, 3.63) is 23.8 Å². The maximum atomic E-state index is 12.5. The summed E-state index contributed by atoms with van der Waals surface area (Å²) < 4.78 is 30.6. The predicted octanol–water partition coefficient (Wildman–Crippen LogP) is 4.46. The molecule has 0 amide bonds. The molecule has 1 rings (SSSR count). The second-order valence-corrected chi connectivity index (χ2v) is 8.43. The predicted molar refractivity (Wildman–Crippen MR) is 133 cm³/mol. The van der Waals surface area contributed by atoms with Crippen molar-refractivity contribution in [2.45, 2.75) is 77.7 Å². The largest absolute Gasteiger partial charge is 0.513 e. The summed E-state index contributed by atoms with van der Waals surface area (Å²) in [7, 11) is 1.20. The van der Waals surface area contributed by atoms with Crippen LogP contribution in [0.1, 0.15) is 71.3 Å². The molecule has 0 aliphatic carbocycles. The van der Waals surface area contributed by atoms with Gasteiger partial charge < -0.3 is 34.2 Å². The van der Waals surface area contributed by atoms with Crippen LogP contribution in [0.25, 0.3) is 0 Å². The lowest BCUT2D eigenvalue weighted by molar-refractivity contribution is -0.151. The van der Waals surface area contributed by atoms with Gasteiger partial charge in [-0.25, -0.2) is 9.59 Å². The van der Waals surface area contributed by atoms with Gasteiger partial charge in [0.2, 0.25) is 0 Å². The van der Waals surface area contributed by atoms with Crippen molar-refractivity contribution in [1.82, 2.24) is 0 Å². The van der Waals surface area contributed by atoms with E-state index >= 15 is 0 Å². The molecule has 0 spiro atoms. The van der Waals surface area contributed by atoms with Crippen LogP contribution in [0.2, 0.25) is 0 Å². The van der Waals surface area contributed by atoms with Gasteiger partial charge in [-0.15, -0.1) is 0 Å². The van der Waals surface area contributed by atoms with Crippen LogP contribution in [0, 0.1) is 0 Å². The molecule has 0 unspecified atom stereocenters. The number of benzene rings is 1. The van der Waals surface area contributed by atoms with Gasteiger partial charge in [0.1, 0.15) is 5.54 Å². The van der Waals surface area contributed by atoms with Gasteiger partial charge in [-0.05, 0) is 37.0 Å². The second-order valence-electron chi connectivity index (χ2n) is 8.43. The Labute approximate surface area is 217 Å². The zero-order valence-electron chi connectivity index (χ0n) is 22.2. The van der Waals surface area contributed by atoms with Crippen LogP contribution in [0.5, 0.6) is 11.5 Å². The number of rotatable bonds is 16. The van der Waals surface area contributed by atoms with Crippen LogP contribution in [0.4, 0.5) is 9.59 Å². The third kappa shape index (κ3) is 12.0. The monoisotopic (exact) mass is 525 g/mol. The van der Waals surface area contributed by atoms with E-state index < -0.39 is 23.8 Å². The molecule has 11 nitrogen and oxygen atoms in total. The number of hydrogen-bond acceptors (Lipinski definition) is 11. The van der Waals surface area contributed by atoms with Crippen molar-refractivity contribution in [2.75, 3.05) is 26.9 Å². The van der Waals surface area contributed by atoms with Crippen LogP contribution in [0.3, 0.4) is 0 Å². The summed E-state index contributed by atoms with van der Waals surface area (Å²) in [5, 5.41) is 0. The molecule has 208 valence electrons. The van der Waals surface area contributed by atoms with Crippen molar-refractivity contribution in [2.24, 2.45) is 5.73 Å². The van der Waals surface area contributed by atoms with Gasteiger partial charge in [0.15, 0.2) is 11.5 Å². The molecule has 0 saturated carbocycles. The summed E-state index contributed by atoms with van der Waals surface area (Å²) in [6, 6.07) is 4.35. The van der Waals surface area contributed by atoms with Gasteiger partial charge in [-0.2, -0.15) is 0 Å². The van der Waals surface area contributed by atoms with E-state index in [4.69, 9.17) is 34.2 Å². The van der Waals surface area contributed by atoms with Crippen molar-refractivity contribution < 1.29 is 47.6 Å². The zero-order valence-corrected chi connectivity index (χ0v) is 22.2. The third-order valence-corrected chi connectivity index (χ3v) is 5.21. The molecule has 11 heteroatoms. The van der Waals surface area contributed by atoms with Crippen molar-refractivity contribution >= 4 is 24.2 Å². The average molecular weight is 526 g/mol. The Morgan fingerprint density at radius 3 is 1.95 bits per heavy atom. The Bertz CT molecular complexity index is 888. The van der Waals surface area contributed by atoms with Crippen LogP contribution in [-0.4, -0.2) is 56.7 Å². The number of carbonyl (C=O) groups excluding carboxylic acids is 4. The Balaban J connectivity index is 3.11. The molecule has 2 N–H and O–H groups in total. The molecule has 0 saturated heterocycles. The first-order valence-corrected chi connectivity index (χ1v) is 12.5. The molecule has 37 heavy (non-hydrogen) atoms. The van der Waals surface area contributed by atoms with Gasteiger partial charge in [-0.3, -0.25) is 9.59 Å². The lowest BCUT2D eigenvalue weighted by atomic mass is 9.88. The van der Waals surface area contributed by atoms with Crippen LogP contribution in [0.15, 0.2) is 18.2 Å². The Hall–Kier alpha value is -3.34. The van der Waals surface area contributed by atoms with E-state index in [-0.39, 0.29) is 56.6 Å². The smallest absolute Gasteiger partial charge is 0.468 e. The molecule has 0 fully saturated rings. The highest BCUT2D eigenvalue weighted by Gasteiger charge is 2.36. The highest BCUT2D eigenvalue weighted by atomic mass is 16.7. The Morgan fingerprint density at radius 1 is 0.811 bits per heavy atom. The number of nitrogens with two attached hydrogens (primary N) is 1. The summed E-state index contributed by atoms with van der Waals surface area (Å²) >= 11 is 0. The quantitative estimate of drug-likeness (QED) is 0.141. The van der Waals surface area contributed by atoms with Gasteiger partial charge >= 0.3 is 24.2 Å². The number of carbonyl (C=O) groups is 4. The highest BCUT2D eigenvalue weighted by molar-refractivity contribution is 5.81. The molecular formula is C26H39NO10. The maximum Gasteiger partial charge on any atom is 0.513 e. The molecule has 1 aromatic carbocycles. The van der Waals surface area contributed by atoms with Gasteiger partial charge in [0.25, 0.3) is 0 Å². The van der Waals surface area contributed by atoms with Crippen molar-refractivity contribution in [1.29, 1.82) is 0 Å². The molecule has 0 aromatic heterocycles.